The number of carbonyl (C=O) groups excluding carboxylic acids is 1. The van der Waals surface area contributed by atoms with Crippen molar-refractivity contribution in [1.82, 2.24) is 0 Å². The molecule has 132 valence electrons. The maximum absolute atomic E-state index is 11.2. The lowest BCUT2D eigenvalue weighted by molar-refractivity contribution is 0.112. The molecular formula is C24H24O2. The Labute approximate surface area is 155 Å². The molecule has 0 aliphatic carbocycles. The van der Waals surface area contributed by atoms with Crippen LogP contribution in [0.1, 0.15) is 39.0 Å². The zero-order valence-electron chi connectivity index (χ0n) is 15.2. The molecule has 2 heteroatoms. The van der Waals surface area contributed by atoms with E-state index in [4.69, 9.17) is 4.74 Å². The SMILES string of the molecule is Cc1cccc(CCCc2ccccc2C=O)c1OCc1ccccc1. The predicted molar refractivity (Wildman–Crippen MR) is 106 cm³/mol. The first-order chi connectivity index (χ1) is 12.8. The summed E-state index contributed by atoms with van der Waals surface area (Å²) in [7, 11) is 0. The topological polar surface area (TPSA) is 26.3 Å². The minimum Gasteiger partial charge on any atom is -0.488 e. The lowest BCUT2D eigenvalue weighted by Crippen LogP contribution is -2.02. The first-order valence-corrected chi connectivity index (χ1v) is 9.06. The first-order valence-electron chi connectivity index (χ1n) is 9.06. The number of carbonyl (C=O) groups is 1. The molecule has 0 spiro atoms. The van der Waals surface area contributed by atoms with Gasteiger partial charge in [0.2, 0.25) is 0 Å². The van der Waals surface area contributed by atoms with E-state index in [2.05, 4.69) is 37.3 Å². The van der Waals surface area contributed by atoms with Gasteiger partial charge in [-0.25, -0.2) is 0 Å². The highest BCUT2D eigenvalue weighted by Gasteiger charge is 2.08. The van der Waals surface area contributed by atoms with E-state index >= 15 is 0 Å². The molecule has 0 amide bonds. The fraction of sp³-hybridized carbons (Fsp3) is 0.208. The molecule has 26 heavy (non-hydrogen) atoms. The van der Waals surface area contributed by atoms with E-state index in [9.17, 15) is 4.79 Å². The van der Waals surface area contributed by atoms with Crippen LogP contribution in [0.4, 0.5) is 0 Å². The predicted octanol–water partition coefficient (Wildman–Crippen LogP) is 5.56. The summed E-state index contributed by atoms with van der Waals surface area (Å²) < 4.78 is 6.15. The monoisotopic (exact) mass is 344 g/mol. The molecule has 0 aliphatic heterocycles. The van der Waals surface area contributed by atoms with E-state index in [0.717, 1.165) is 48.0 Å². The Hall–Kier alpha value is -2.87. The number of aldehydes is 1. The Bertz CT molecular complexity index is 853. The average Bonchev–Trinajstić information content (AvgIpc) is 2.68. The Morgan fingerprint density at radius 3 is 2.31 bits per heavy atom. The summed E-state index contributed by atoms with van der Waals surface area (Å²) in [6.07, 6.45) is 3.74. The van der Waals surface area contributed by atoms with Crippen molar-refractivity contribution in [2.45, 2.75) is 32.8 Å². The molecule has 0 aliphatic rings. The van der Waals surface area contributed by atoms with E-state index in [0.29, 0.717) is 6.61 Å². The highest BCUT2D eigenvalue weighted by atomic mass is 16.5. The van der Waals surface area contributed by atoms with E-state index in [1.807, 2.05) is 42.5 Å². The van der Waals surface area contributed by atoms with Gasteiger partial charge >= 0.3 is 0 Å². The molecule has 0 aromatic heterocycles. The molecule has 0 atom stereocenters. The van der Waals surface area contributed by atoms with Crippen LogP contribution in [0.15, 0.2) is 72.8 Å². The third-order valence-corrected chi connectivity index (χ3v) is 4.59. The largest absolute Gasteiger partial charge is 0.488 e. The van der Waals surface area contributed by atoms with Gasteiger partial charge < -0.3 is 4.74 Å². The van der Waals surface area contributed by atoms with Crippen LogP contribution in [0.3, 0.4) is 0 Å². The second-order valence-electron chi connectivity index (χ2n) is 6.51. The van der Waals surface area contributed by atoms with Crippen molar-refractivity contribution in [2.75, 3.05) is 0 Å². The Morgan fingerprint density at radius 2 is 1.50 bits per heavy atom. The van der Waals surface area contributed by atoms with Crippen LogP contribution in [0.25, 0.3) is 0 Å². The number of rotatable bonds is 8. The molecule has 0 N–H and O–H groups in total. The van der Waals surface area contributed by atoms with Crippen LogP contribution >= 0.6 is 0 Å². The smallest absolute Gasteiger partial charge is 0.150 e. The number of ether oxygens (including phenoxy) is 1. The van der Waals surface area contributed by atoms with Crippen LogP contribution < -0.4 is 4.74 Å². The fourth-order valence-corrected chi connectivity index (χ4v) is 3.19. The van der Waals surface area contributed by atoms with Gasteiger partial charge in [-0.05, 0) is 48.4 Å². The number of para-hydroxylation sites is 1. The molecule has 0 heterocycles. The summed E-state index contributed by atoms with van der Waals surface area (Å²) in [5.41, 5.74) is 5.46. The molecule has 3 rings (SSSR count). The normalized spacial score (nSPS) is 10.5. The van der Waals surface area contributed by atoms with Crippen molar-refractivity contribution < 1.29 is 9.53 Å². The van der Waals surface area contributed by atoms with Crippen molar-refractivity contribution in [3.63, 3.8) is 0 Å². The molecule has 0 saturated carbocycles. The molecular weight excluding hydrogens is 320 g/mol. The van der Waals surface area contributed by atoms with E-state index in [1.165, 1.54) is 11.1 Å². The molecule has 0 radical (unpaired) electrons. The van der Waals surface area contributed by atoms with Gasteiger partial charge in [0.25, 0.3) is 0 Å². The molecule has 3 aromatic carbocycles. The maximum Gasteiger partial charge on any atom is 0.150 e. The molecule has 0 saturated heterocycles. The molecule has 3 aromatic rings. The minimum absolute atomic E-state index is 0.576. The van der Waals surface area contributed by atoms with Crippen LogP contribution in [0.2, 0.25) is 0 Å². The van der Waals surface area contributed by atoms with Crippen molar-refractivity contribution >= 4 is 6.29 Å². The summed E-state index contributed by atoms with van der Waals surface area (Å²) in [4.78, 5) is 11.2. The second-order valence-corrected chi connectivity index (χ2v) is 6.51. The van der Waals surface area contributed by atoms with Gasteiger partial charge in [0.1, 0.15) is 18.6 Å². The van der Waals surface area contributed by atoms with Gasteiger partial charge in [0.05, 0.1) is 0 Å². The number of aryl methyl sites for hydroxylation is 3. The zero-order chi connectivity index (χ0) is 18.2. The van der Waals surface area contributed by atoms with Crippen LogP contribution in [-0.4, -0.2) is 6.29 Å². The number of benzene rings is 3. The van der Waals surface area contributed by atoms with E-state index in [-0.39, 0.29) is 0 Å². The quantitative estimate of drug-likeness (QED) is 0.500. The van der Waals surface area contributed by atoms with Gasteiger partial charge in [-0.15, -0.1) is 0 Å². The lowest BCUT2D eigenvalue weighted by atomic mass is 9.99. The molecule has 0 bridgehead atoms. The van der Waals surface area contributed by atoms with Gasteiger partial charge in [-0.2, -0.15) is 0 Å². The van der Waals surface area contributed by atoms with Gasteiger partial charge in [-0.3, -0.25) is 4.79 Å². The van der Waals surface area contributed by atoms with Crippen molar-refractivity contribution in [3.8, 4) is 5.75 Å². The average molecular weight is 344 g/mol. The number of hydrogen-bond acceptors (Lipinski definition) is 2. The Balaban J connectivity index is 1.66. The zero-order valence-corrected chi connectivity index (χ0v) is 15.2. The second kappa shape index (κ2) is 9.00. The summed E-state index contributed by atoms with van der Waals surface area (Å²) in [6.45, 7) is 2.66. The van der Waals surface area contributed by atoms with Crippen molar-refractivity contribution in [3.05, 3.63) is 101 Å². The van der Waals surface area contributed by atoms with Crippen molar-refractivity contribution in [1.29, 1.82) is 0 Å². The highest BCUT2D eigenvalue weighted by molar-refractivity contribution is 5.77. The van der Waals surface area contributed by atoms with Crippen LogP contribution in [-0.2, 0) is 19.4 Å². The third-order valence-electron chi connectivity index (χ3n) is 4.59. The summed E-state index contributed by atoms with van der Waals surface area (Å²) in [5.74, 6) is 0.986. The molecule has 0 unspecified atom stereocenters. The summed E-state index contributed by atoms with van der Waals surface area (Å²) >= 11 is 0. The van der Waals surface area contributed by atoms with Gasteiger partial charge in [0, 0.05) is 5.56 Å². The standard InChI is InChI=1S/C24H24O2/c1-19-9-7-15-22(24(19)26-18-20-10-3-2-4-11-20)16-8-14-21-12-5-6-13-23(21)17-25/h2-7,9-13,15,17H,8,14,16,18H2,1H3. The summed E-state index contributed by atoms with van der Waals surface area (Å²) in [5, 5.41) is 0. The van der Waals surface area contributed by atoms with E-state index < -0.39 is 0 Å². The van der Waals surface area contributed by atoms with Gasteiger partial charge in [-0.1, -0.05) is 72.8 Å². The third kappa shape index (κ3) is 4.60. The number of hydrogen-bond donors (Lipinski definition) is 0. The first kappa shape index (κ1) is 17.9. The van der Waals surface area contributed by atoms with Crippen LogP contribution in [0, 0.1) is 6.92 Å². The minimum atomic E-state index is 0.576. The Kier molecular flexibility index (Phi) is 6.21. The lowest BCUT2D eigenvalue weighted by Gasteiger charge is -2.14. The summed E-state index contributed by atoms with van der Waals surface area (Å²) in [6, 6.07) is 24.3. The molecule has 2 nitrogen and oxygen atoms in total. The van der Waals surface area contributed by atoms with Gasteiger partial charge in [0.15, 0.2) is 0 Å². The van der Waals surface area contributed by atoms with E-state index in [1.54, 1.807) is 0 Å². The van der Waals surface area contributed by atoms with Crippen LogP contribution in [0.5, 0.6) is 5.75 Å². The highest BCUT2D eigenvalue weighted by Crippen LogP contribution is 2.26. The maximum atomic E-state index is 11.2. The fourth-order valence-electron chi connectivity index (χ4n) is 3.19. The Morgan fingerprint density at radius 1 is 0.808 bits per heavy atom. The van der Waals surface area contributed by atoms with Crippen molar-refractivity contribution in [2.24, 2.45) is 0 Å². The molecule has 0 fully saturated rings.